The maximum absolute atomic E-state index is 13.0. The van der Waals surface area contributed by atoms with Crippen LogP contribution in [0.5, 0.6) is 0 Å². The zero-order chi connectivity index (χ0) is 17.1. The molecule has 0 aromatic heterocycles. The Hall–Kier alpha value is -2.67. The van der Waals surface area contributed by atoms with Gasteiger partial charge in [0.15, 0.2) is 0 Å². The largest absolute Gasteiger partial charge is 0.207 e. The first-order valence-electron chi connectivity index (χ1n) is 8.16. The van der Waals surface area contributed by atoms with E-state index in [4.69, 9.17) is 0 Å². The maximum Gasteiger partial charge on any atom is 0.126 e. The molecule has 0 aliphatic heterocycles. The molecule has 0 amide bonds. The molecule has 0 saturated heterocycles. The van der Waals surface area contributed by atoms with E-state index in [0.29, 0.717) is 0 Å². The van der Waals surface area contributed by atoms with Gasteiger partial charge in [0.05, 0.1) is 0 Å². The fourth-order valence-corrected chi connectivity index (χ4v) is 2.87. The van der Waals surface area contributed by atoms with Crippen LogP contribution < -0.4 is 0 Å². The standard InChI is InChI=1S/C12H12.C11H9F/c1-9-7-11-5-3-4-6-12(11)8-10(9)2;1-8-10-5-3-2-4-9(10)6-7-11(8)12/h3-8H,1-2H3;2-7H,1H3. The molecule has 0 aliphatic rings. The molecule has 0 saturated carbocycles. The topological polar surface area (TPSA) is 0 Å². The van der Waals surface area contributed by atoms with Crippen LogP contribution in [0, 0.1) is 26.6 Å². The van der Waals surface area contributed by atoms with E-state index in [2.05, 4.69) is 50.2 Å². The lowest BCUT2D eigenvalue weighted by Crippen LogP contribution is -1.83. The Morgan fingerprint density at radius 3 is 1.67 bits per heavy atom. The molecule has 0 spiro atoms. The number of aryl methyl sites for hydroxylation is 3. The fourth-order valence-electron chi connectivity index (χ4n) is 2.87. The summed E-state index contributed by atoms with van der Waals surface area (Å²) in [6, 6.07) is 24.1. The highest BCUT2D eigenvalue weighted by atomic mass is 19.1. The molecule has 0 fully saturated rings. The van der Waals surface area contributed by atoms with Gasteiger partial charge in [-0.1, -0.05) is 66.7 Å². The first-order valence-corrected chi connectivity index (χ1v) is 8.16. The zero-order valence-electron chi connectivity index (χ0n) is 14.3. The molecule has 0 bridgehead atoms. The van der Waals surface area contributed by atoms with Crippen molar-refractivity contribution in [1.29, 1.82) is 0 Å². The van der Waals surface area contributed by atoms with Crippen LogP contribution in [-0.2, 0) is 0 Å². The number of hydrogen-bond acceptors (Lipinski definition) is 0. The Balaban J connectivity index is 0.000000141. The van der Waals surface area contributed by atoms with Crippen LogP contribution >= 0.6 is 0 Å². The van der Waals surface area contributed by atoms with Crippen molar-refractivity contribution in [3.05, 3.63) is 95.3 Å². The van der Waals surface area contributed by atoms with Crippen LogP contribution in [0.4, 0.5) is 4.39 Å². The summed E-state index contributed by atoms with van der Waals surface area (Å²) in [5.41, 5.74) is 3.47. The van der Waals surface area contributed by atoms with Crippen molar-refractivity contribution in [1.82, 2.24) is 0 Å². The number of rotatable bonds is 0. The highest BCUT2D eigenvalue weighted by molar-refractivity contribution is 5.85. The molecular weight excluding hydrogens is 295 g/mol. The first kappa shape index (κ1) is 16.2. The van der Waals surface area contributed by atoms with Gasteiger partial charge in [-0.25, -0.2) is 4.39 Å². The third kappa shape index (κ3) is 3.30. The van der Waals surface area contributed by atoms with E-state index in [1.165, 1.54) is 28.0 Å². The minimum absolute atomic E-state index is 0.131. The number of hydrogen-bond donors (Lipinski definition) is 0. The molecule has 1 heteroatoms. The summed E-state index contributed by atoms with van der Waals surface area (Å²) in [5.74, 6) is -0.131. The van der Waals surface area contributed by atoms with Crippen molar-refractivity contribution < 1.29 is 4.39 Å². The van der Waals surface area contributed by atoms with Crippen molar-refractivity contribution in [2.24, 2.45) is 0 Å². The van der Waals surface area contributed by atoms with Gasteiger partial charge in [-0.2, -0.15) is 0 Å². The van der Waals surface area contributed by atoms with Gasteiger partial charge in [0.2, 0.25) is 0 Å². The Morgan fingerprint density at radius 2 is 1.08 bits per heavy atom. The highest BCUT2D eigenvalue weighted by Crippen LogP contribution is 2.20. The van der Waals surface area contributed by atoms with E-state index in [1.807, 2.05) is 24.3 Å². The van der Waals surface area contributed by atoms with E-state index < -0.39 is 0 Å². The van der Waals surface area contributed by atoms with E-state index in [9.17, 15) is 4.39 Å². The van der Waals surface area contributed by atoms with Gasteiger partial charge in [-0.15, -0.1) is 0 Å². The van der Waals surface area contributed by atoms with Gasteiger partial charge in [-0.05, 0) is 65.1 Å². The van der Waals surface area contributed by atoms with Gasteiger partial charge in [-0.3, -0.25) is 0 Å². The van der Waals surface area contributed by atoms with Gasteiger partial charge < -0.3 is 0 Å². The summed E-state index contributed by atoms with van der Waals surface area (Å²) in [6.45, 7) is 6.11. The fraction of sp³-hybridized carbons (Fsp3) is 0.130. The molecule has 0 heterocycles. The molecule has 0 unspecified atom stereocenters. The SMILES string of the molecule is Cc1c(F)ccc2ccccc12.Cc1cc2ccccc2cc1C. The second-order valence-electron chi connectivity index (χ2n) is 6.18. The Labute approximate surface area is 142 Å². The molecule has 24 heavy (non-hydrogen) atoms. The van der Waals surface area contributed by atoms with Gasteiger partial charge in [0.1, 0.15) is 5.82 Å². The minimum atomic E-state index is -0.131. The van der Waals surface area contributed by atoms with E-state index >= 15 is 0 Å². The zero-order valence-corrected chi connectivity index (χ0v) is 14.3. The van der Waals surface area contributed by atoms with Crippen molar-refractivity contribution in [3.63, 3.8) is 0 Å². The van der Waals surface area contributed by atoms with Crippen LogP contribution in [-0.4, -0.2) is 0 Å². The summed E-state index contributed by atoms with van der Waals surface area (Å²) >= 11 is 0. The molecule has 0 atom stereocenters. The van der Waals surface area contributed by atoms with E-state index in [-0.39, 0.29) is 5.82 Å². The monoisotopic (exact) mass is 316 g/mol. The summed E-state index contributed by atoms with van der Waals surface area (Å²) in [7, 11) is 0. The van der Waals surface area contributed by atoms with Crippen LogP contribution in [0.15, 0.2) is 72.8 Å². The van der Waals surface area contributed by atoms with Crippen molar-refractivity contribution in [2.75, 3.05) is 0 Å². The Morgan fingerprint density at radius 1 is 0.583 bits per heavy atom. The van der Waals surface area contributed by atoms with Gasteiger partial charge >= 0.3 is 0 Å². The molecule has 4 aromatic rings. The van der Waals surface area contributed by atoms with Crippen molar-refractivity contribution in [3.8, 4) is 0 Å². The summed E-state index contributed by atoms with van der Waals surface area (Å²) in [4.78, 5) is 0. The predicted octanol–water partition coefficient (Wildman–Crippen LogP) is 6.74. The number of benzene rings is 4. The molecule has 0 nitrogen and oxygen atoms in total. The lowest BCUT2D eigenvalue weighted by molar-refractivity contribution is 0.621. The van der Waals surface area contributed by atoms with E-state index in [1.54, 1.807) is 13.0 Å². The highest BCUT2D eigenvalue weighted by Gasteiger charge is 2.00. The Kier molecular flexibility index (Phi) is 4.61. The smallest absolute Gasteiger partial charge is 0.126 e. The summed E-state index contributed by atoms with van der Waals surface area (Å²) in [5, 5.41) is 4.76. The van der Waals surface area contributed by atoms with Crippen LogP contribution in [0.25, 0.3) is 21.5 Å². The number of halogens is 1. The number of fused-ring (bicyclic) bond motifs is 2. The van der Waals surface area contributed by atoms with Crippen LogP contribution in [0.2, 0.25) is 0 Å². The second-order valence-corrected chi connectivity index (χ2v) is 6.18. The van der Waals surface area contributed by atoms with Crippen LogP contribution in [0.1, 0.15) is 16.7 Å². The average Bonchev–Trinajstić information content (AvgIpc) is 2.60. The Bertz CT molecular complexity index is 950. The lowest BCUT2D eigenvalue weighted by atomic mass is 10.0. The third-order valence-corrected chi connectivity index (χ3v) is 4.49. The maximum atomic E-state index is 13.0. The molecular formula is C23H21F. The third-order valence-electron chi connectivity index (χ3n) is 4.49. The second kappa shape index (κ2) is 6.84. The van der Waals surface area contributed by atoms with E-state index in [0.717, 1.165) is 16.3 Å². The molecule has 120 valence electrons. The van der Waals surface area contributed by atoms with Gasteiger partial charge in [0, 0.05) is 0 Å². The molecule has 0 aliphatic carbocycles. The van der Waals surface area contributed by atoms with Crippen LogP contribution in [0.3, 0.4) is 0 Å². The quantitative estimate of drug-likeness (QED) is 0.337. The average molecular weight is 316 g/mol. The predicted molar refractivity (Wildman–Crippen MR) is 102 cm³/mol. The summed E-state index contributed by atoms with van der Waals surface area (Å²) < 4.78 is 13.0. The summed E-state index contributed by atoms with van der Waals surface area (Å²) in [6.07, 6.45) is 0. The van der Waals surface area contributed by atoms with Crippen molar-refractivity contribution >= 4 is 21.5 Å². The lowest BCUT2D eigenvalue weighted by Gasteiger charge is -2.02. The van der Waals surface area contributed by atoms with Gasteiger partial charge in [0.25, 0.3) is 0 Å². The molecule has 0 N–H and O–H groups in total. The molecule has 4 aromatic carbocycles. The first-order chi connectivity index (χ1) is 11.6. The normalized spacial score (nSPS) is 10.5. The van der Waals surface area contributed by atoms with Crippen molar-refractivity contribution in [2.45, 2.75) is 20.8 Å². The molecule has 0 radical (unpaired) electrons. The molecule has 4 rings (SSSR count). The minimum Gasteiger partial charge on any atom is -0.207 e.